The Hall–Kier alpha value is -2.75. The first-order valence-corrected chi connectivity index (χ1v) is 9.80. The largest absolute Gasteiger partial charge is 0.324 e. The first-order valence-electron chi connectivity index (χ1n) is 9.80. The van der Waals surface area contributed by atoms with Crippen LogP contribution in [-0.4, -0.2) is 15.9 Å². The molecule has 0 saturated heterocycles. The highest BCUT2D eigenvalue weighted by molar-refractivity contribution is 5.95. The summed E-state index contributed by atoms with van der Waals surface area (Å²) in [6.45, 7) is 0. The van der Waals surface area contributed by atoms with Crippen LogP contribution in [0.3, 0.4) is 0 Å². The quantitative estimate of drug-likeness (QED) is 0.723. The molecular formula is C23H23N3O. The summed E-state index contributed by atoms with van der Waals surface area (Å²) in [7, 11) is 0. The van der Waals surface area contributed by atoms with E-state index in [2.05, 4.69) is 39.6 Å². The standard InChI is InChI=1S/C23H23N3O/c27-22(26-17-4-3-12-24-15-17)20-14-23(20)10-7-16(8-11-23)18-9-13-25-21-6-2-1-5-19(18)21/h1-6,9,12-13,15-16,20H,7-8,10-11,14H2,(H,26,27). The Balaban J connectivity index is 1.26. The van der Waals surface area contributed by atoms with Crippen molar-refractivity contribution in [1.82, 2.24) is 9.97 Å². The van der Waals surface area contributed by atoms with E-state index in [4.69, 9.17) is 0 Å². The highest BCUT2D eigenvalue weighted by atomic mass is 16.2. The number of aromatic nitrogens is 2. The van der Waals surface area contributed by atoms with Crippen LogP contribution in [0.2, 0.25) is 0 Å². The van der Waals surface area contributed by atoms with Gasteiger partial charge in [0.1, 0.15) is 0 Å². The lowest BCUT2D eigenvalue weighted by atomic mass is 9.75. The molecule has 4 heteroatoms. The number of carbonyl (C=O) groups excluding carboxylic acids is 1. The average Bonchev–Trinajstić information content (AvgIpc) is 3.42. The molecule has 0 aliphatic heterocycles. The van der Waals surface area contributed by atoms with E-state index in [9.17, 15) is 4.79 Å². The lowest BCUT2D eigenvalue weighted by Crippen LogP contribution is -2.22. The molecule has 2 aliphatic rings. The first-order chi connectivity index (χ1) is 13.3. The zero-order valence-corrected chi connectivity index (χ0v) is 15.3. The molecule has 3 aromatic rings. The molecule has 27 heavy (non-hydrogen) atoms. The molecule has 1 unspecified atom stereocenters. The number of para-hydroxylation sites is 1. The number of fused-ring (bicyclic) bond motifs is 1. The van der Waals surface area contributed by atoms with Gasteiger partial charge in [0.15, 0.2) is 0 Å². The van der Waals surface area contributed by atoms with Gasteiger partial charge in [-0.1, -0.05) is 18.2 Å². The van der Waals surface area contributed by atoms with E-state index in [0.29, 0.717) is 5.92 Å². The summed E-state index contributed by atoms with van der Waals surface area (Å²) in [5, 5.41) is 4.31. The van der Waals surface area contributed by atoms with Crippen molar-refractivity contribution in [3.8, 4) is 0 Å². The van der Waals surface area contributed by atoms with Crippen molar-refractivity contribution in [1.29, 1.82) is 0 Å². The zero-order valence-electron chi connectivity index (χ0n) is 15.3. The van der Waals surface area contributed by atoms with Crippen LogP contribution >= 0.6 is 0 Å². The van der Waals surface area contributed by atoms with Crippen LogP contribution in [0.15, 0.2) is 61.1 Å². The van der Waals surface area contributed by atoms with Crippen molar-refractivity contribution in [2.45, 2.75) is 38.0 Å². The van der Waals surface area contributed by atoms with Gasteiger partial charge in [0.05, 0.1) is 17.4 Å². The van der Waals surface area contributed by atoms with Gasteiger partial charge < -0.3 is 5.32 Å². The van der Waals surface area contributed by atoms with Gasteiger partial charge >= 0.3 is 0 Å². The van der Waals surface area contributed by atoms with E-state index in [0.717, 1.165) is 43.3 Å². The summed E-state index contributed by atoms with van der Waals surface area (Å²) in [5.41, 5.74) is 3.52. The SMILES string of the molecule is O=C(Nc1cccnc1)C1CC12CCC(c1ccnc3ccccc13)CC2. The summed E-state index contributed by atoms with van der Waals surface area (Å²) in [4.78, 5) is 21.2. The van der Waals surface area contributed by atoms with E-state index >= 15 is 0 Å². The third-order valence-corrected chi connectivity index (χ3v) is 6.54. The fourth-order valence-corrected chi connectivity index (χ4v) is 4.91. The smallest absolute Gasteiger partial charge is 0.228 e. The second-order valence-corrected chi connectivity index (χ2v) is 8.04. The molecule has 0 bridgehead atoms. The van der Waals surface area contributed by atoms with Crippen LogP contribution < -0.4 is 5.32 Å². The summed E-state index contributed by atoms with van der Waals surface area (Å²) in [6, 6.07) is 14.3. The van der Waals surface area contributed by atoms with Crippen LogP contribution in [0.1, 0.15) is 43.6 Å². The van der Waals surface area contributed by atoms with E-state index in [-0.39, 0.29) is 17.2 Å². The topological polar surface area (TPSA) is 54.9 Å². The number of hydrogen-bond acceptors (Lipinski definition) is 3. The van der Waals surface area contributed by atoms with E-state index in [1.54, 1.807) is 12.4 Å². The van der Waals surface area contributed by atoms with Gasteiger partial charge in [-0.05, 0) is 73.3 Å². The summed E-state index contributed by atoms with van der Waals surface area (Å²) >= 11 is 0. The summed E-state index contributed by atoms with van der Waals surface area (Å²) < 4.78 is 0. The summed E-state index contributed by atoms with van der Waals surface area (Å²) in [6.07, 6.45) is 11.0. The monoisotopic (exact) mass is 357 g/mol. The number of benzene rings is 1. The van der Waals surface area contributed by atoms with Crippen LogP contribution in [0, 0.1) is 11.3 Å². The van der Waals surface area contributed by atoms with Crippen molar-refractivity contribution in [2.75, 3.05) is 5.32 Å². The fourth-order valence-electron chi connectivity index (χ4n) is 4.91. The van der Waals surface area contributed by atoms with Gasteiger partial charge in [0, 0.05) is 23.7 Å². The third-order valence-electron chi connectivity index (χ3n) is 6.54. The Morgan fingerprint density at radius 3 is 2.70 bits per heavy atom. The molecule has 2 heterocycles. The number of hydrogen-bond donors (Lipinski definition) is 1. The Bertz CT molecular complexity index is 972. The molecule has 1 amide bonds. The molecule has 1 atom stereocenters. The van der Waals surface area contributed by atoms with Crippen LogP contribution in [-0.2, 0) is 4.79 Å². The van der Waals surface area contributed by atoms with E-state index in [1.165, 1.54) is 10.9 Å². The van der Waals surface area contributed by atoms with Gasteiger partial charge in [-0.25, -0.2) is 0 Å². The molecule has 4 nitrogen and oxygen atoms in total. The Kier molecular flexibility index (Phi) is 3.92. The van der Waals surface area contributed by atoms with Gasteiger partial charge in [0.2, 0.25) is 5.91 Å². The highest BCUT2D eigenvalue weighted by Crippen LogP contribution is 2.63. The predicted octanol–water partition coefficient (Wildman–Crippen LogP) is 4.93. The Morgan fingerprint density at radius 2 is 1.89 bits per heavy atom. The van der Waals surface area contributed by atoms with Crippen molar-refractivity contribution < 1.29 is 4.79 Å². The van der Waals surface area contributed by atoms with Crippen LogP contribution in [0.25, 0.3) is 10.9 Å². The predicted molar refractivity (Wildman–Crippen MR) is 106 cm³/mol. The van der Waals surface area contributed by atoms with Gasteiger partial charge in [-0.3, -0.25) is 14.8 Å². The van der Waals surface area contributed by atoms with Gasteiger partial charge in [-0.15, -0.1) is 0 Å². The third kappa shape index (κ3) is 2.99. The van der Waals surface area contributed by atoms with E-state index < -0.39 is 0 Å². The maximum absolute atomic E-state index is 12.6. The number of carbonyl (C=O) groups is 1. The maximum Gasteiger partial charge on any atom is 0.228 e. The minimum Gasteiger partial charge on any atom is -0.324 e. The van der Waals surface area contributed by atoms with Crippen molar-refractivity contribution in [3.05, 3.63) is 66.6 Å². The second-order valence-electron chi connectivity index (χ2n) is 8.04. The molecule has 2 fully saturated rings. The molecule has 2 aromatic heterocycles. The van der Waals surface area contributed by atoms with Crippen molar-refractivity contribution in [3.63, 3.8) is 0 Å². The number of nitrogens with zero attached hydrogens (tertiary/aromatic N) is 2. The lowest BCUT2D eigenvalue weighted by Gasteiger charge is -2.30. The van der Waals surface area contributed by atoms with Crippen molar-refractivity contribution in [2.24, 2.45) is 11.3 Å². The first kappa shape index (κ1) is 16.4. The fraction of sp³-hybridized carbons (Fsp3) is 0.348. The zero-order chi connectivity index (χ0) is 18.3. The number of nitrogens with one attached hydrogen (secondary N) is 1. The van der Waals surface area contributed by atoms with Crippen LogP contribution in [0.4, 0.5) is 5.69 Å². The molecule has 5 rings (SSSR count). The maximum atomic E-state index is 12.6. The molecule has 0 radical (unpaired) electrons. The molecule has 2 saturated carbocycles. The van der Waals surface area contributed by atoms with E-state index in [1.807, 2.05) is 24.4 Å². The Labute approximate surface area is 159 Å². The Morgan fingerprint density at radius 1 is 1.04 bits per heavy atom. The molecule has 1 aromatic carbocycles. The van der Waals surface area contributed by atoms with Gasteiger partial charge in [0.25, 0.3) is 0 Å². The highest BCUT2D eigenvalue weighted by Gasteiger charge is 2.58. The normalized spacial score (nSPS) is 26.8. The van der Waals surface area contributed by atoms with Crippen molar-refractivity contribution >= 4 is 22.5 Å². The minimum absolute atomic E-state index is 0.160. The molecule has 1 N–H and O–H groups in total. The average molecular weight is 357 g/mol. The van der Waals surface area contributed by atoms with Gasteiger partial charge in [-0.2, -0.15) is 0 Å². The number of amides is 1. The molecular weight excluding hydrogens is 334 g/mol. The number of pyridine rings is 2. The molecule has 1 spiro atoms. The second kappa shape index (κ2) is 6.45. The molecule has 136 valence electrons. The number of rotatable bonds is 3. The minimum atomic E-state index is 0.160. The lowest BCUT2D eigenvalue weighted by molar-refractivity contribution is -0.118. The summed E-state index contributed by atoms with van der Waals surface area (Å²) in [5.74, 6) is 0.898. The van der Waals surface area contributed by atoms with Crippen LogP contribution in [0.5, 0.6) is 0 Å². The number of anilines is 1. The molecule has 2 aliphatic carbocycles.